The molecule has 25 heavy (non-hydrogen) atoms. The van der Waals surface area contributed by atoms with Gasteiger partial charge in [-0.1, -0.05) is 17.7 Å². The predicted molar refractivity (Wildman–Crippen MR) is 97.9 cm³/mol. The molecule has 0 saturated heterocycles. The number of hydrogen-bond donors (Lipinski definition) is 3. The van der Waals surface area contributed by atoms with E-state index in [9.17, 15) is 9.59 Å². The van der Waals surface area contributed by atoms with Gasteiger partial charge in [-0.15, -0.1) is 0 Å². The Labute approximate surface area is 147 Å². The van der Waals surface area contributed by atoms with E-state index in [1.807, 2.05) is 32.9 Å². The minimum absolute atomic E-state index is 0.135. The lowest BCUT2D eigenvalue weighted by molar-refractivity contribution is -0.115. The topological polar surface area (TPSA) is 96.0 Å². The molecule has 1 aromatic carbocycles. The van der Waals surface area contributed by atoms with Crippen molar-refractivity contribution >= 4 is 23.5 Å². The maximum atomic E-state index is 12.2. The van der Waals surface area contributed by atoms with Crippen LogP contribution in [0, 0.1) is 27.7 Å². The Morgan fingerprint density at radius 2 is 1.64 bits per heavy atom. The normalized spacial score (nSPS) is 10.3. The second-order valence-electron chi connectivity index (χ2n) is 5.97. The van der Waals surface area contributed by atoms with Crippen molar-refractivity contribution in [3.8, 4) is 0 Å². The molecule has 7 nitrogen and oxygen atoms in total. The van der Waals surface area contributed by atoms with Gasteiger partial charge in [0.05, 0.1) is 6.54 Å². The van der Waals surface area contributed by atoms with Gasteiger partial charge in [-0.05, 0) is 44.9 Å². The van der Waals surface area contributed by atoms with E-state index in [-0.39, 0.29) is 18.1 Å². The number of carbonyl (C=O) groups excluding carboxylic acids is 2. The zero-order valence-electron chi connectivity index (χ0n) is 15.2. The van der Waals surface area contributed by atoms with E-state index < -0.39 is 5.91 Å². The quantitative estimate of drug-likeness (QED) is 0.774. The Hall–Kier alpha value is -2.96. The van der Waals surface area contributed by atoms with Crippen LogP contribution >= 0.6 is 0 Å². The maximum absolute atomic E-state index is 12.2. The van der Waals surface area contributed by atoms with Gasteiger partial charge in [0, 0.05) is 18.4 Å². The molecule has 2 amide bonds. The van der Waals surface area contributed by atoms with Crippen molar-refractivity contribution in [1.29, 1.82) is 0 Å². The number of amides is 2. The van der Waals surface area contributed by atoms with Gasteiger partial charge >= 0.3 is 0 Å². The minimum atomic E-state index is -0.422. The smallest absolute Gasteiger partial charge is 0.270 e. The van der Waals surface area contributed by atoms with Crippen molar-refractivity contribution in [2.75, 3.05) is 24.2 Å². The van der Waals surface area contributed by atoms with E-state index in [1.165, 1.54) is 0 Å². The second kappa shape index (κ2) is 7.74. The molecule has 2 rings (SSSR count). The predicted octanol–water partition coefficient (Wildman–Crippen LogP) is 2.12. The second-order valence-corrected chi connectivity index (χ2v) is 5.97. The lowest BCUT2D eigenvalue weighted by atomic mass is 10.1. The largest absolute Gasteiger partial charge is 0.357 e. The fraction of sp³-hybridized carbons (Fsp3) is 0.333. The van der Waals surface area contributed by atoms with Gasteiger partial charge in [0.15, 0.2) is 0 Å². The summed E-state index contributed by atoms with van der Waals surface area (Å²) in [6.45, 7) is 7.53. The molecule has 0 aliphatic rings. The zero-order chi connectivity index (χ0) is 18.6. The van der Waals surface area contributed by atoms with Crippen LogP contribution < -0.4 is 16.0 Å². The monoisotopic (exact) mass is 341 g/mol. The van der Waals surface area contributed by atoms with Crippen molar-refractivity contribution in [2.24, 2.45) is 0 Å². The molecule has 0 radical (unpaired) electrons. The zero-order valence-corrected chi connectivity index (χ0v) is 15.2. The number of aromatic nitrogens is 2. The van der Waals surface area contributed by atoms with Crippen molar-refractivity contribution in [3.05, 3.63) is 46.3 Å². The fourth-order valence-corrected chi connectivity index (χ4v) is 2.61. The number of carbonyl (C=O) groups is 2. The molecule has 0 spiro atoms. The summed E-state index contributed by atoms with van der Waals surface area (Å²) in [5, 5.41) is 8.22. The minimum Gasteiger partial charge on any atom is -0.357 e. The number of aryl methyl sites for hydroxylation is 4. The molecule has 1 heterocycles. The average molecular weight is 341 g/mol. The number of benzene rings is 1. The van der Waals surface area contributed by atoms with Crippen LogP contribution in [0.3, 0.4) is 0 Å². The summed E-state index contributed by atoms with van der Waals surface area (Å²) in [6.07, 6.45) is 0. The molecule has 2 aromatic rings. The molecule has 3 N–H and O–H groups in total. The van der Waals surface area contributed by atoms with Crippen LogP contribution in [-0.4, -0.2) is 35.4 Å². The van der Waals surface area contributed by atoms with E-state index in [2.05, 4.69) is 25.9 Å². The first-order valence-electron chi connectivity index (χ1n) is 7.99. The summed E-state index contributed by atoms with van der Waals surface area (Å²) in [5.74, 6) is -0.349. The van der Waals surface area contributed by atoms with Gasteiger partial charge in [0.2, 0.25) is 11.9 Å². The van der Waals surface area contributed by atoms with Gasteiger partial charge in [-0.2, -0.15) is 0 Å². The molecule has 0 fully saturated rings. The Kier molecular flexibility index (Phi) is 5.69. The van der Waals surface area contributed by atoms with Crippen LogP contribution in [0.2, 0.25) is 0 Å². The van der Waals surface area contributed by atoms with Crippen molar-refractivity contribution in [1.82, 2.24) is 15.3 Å². The standard InChI is InChI=1S/C18H23N5O2/c1-10-6-11(2)16(12(3)7-10)23-15(24)9-20-17(25)14-8-13(4)21-18(19-5)22-14/h6-8H,9H2,1-5H3,(H,20,25)(H,23,24)(H,19,21,22). The number of anilines is 2. The first-order chi connectivity index (χ1) is 11.8. The Balaban J connectivity index is 2.01. The Bertz CT molecular complexity index is 794. The van der Waals surface area contributed by atoms with Gasteiger partial charge in [-0.25, -0.2) is 9.97 Å². The molecule has 7 heteroatoms. The third-order valence-electron chi connectivity index (χ3n) is 3.66. The van der Waals surface area contributed by atoms with Crippen molar-refractivity contribution in [2.45, 2.75) is 27.7 Å². The van der Waals surface area contributed by atoms with Crippen LogP contribution in [0.25, 0.3) is 0 Å². The molecule has 132 valence electrons. The lowest BCUT2D eigenvalue weighted by Gasteiger charge is -2.13. The fourth-order valence-electron chi connectivity index (χ4n) is 2.61. The van der Waals surface area contributed by atoms with Gasteiger partial charge in [0.1, 0.15) is 5.69 Å². The third-order valence-corrected chi connectivity index (χ3v) is 3.66. The first-order valence-corrected chi connectivity index (χ1v) is 7.99. The number of hydrogen-bond acceptors (Lipinski definition) is 5. The van der Waals surface area contributed by atoms with Gasteiger partial charge < -0.3 is 16.0 Å². The van der Waals surface area contributed by atoms with E-state index in [0.29, 0.717) is 11.6 Å². The van der Waals surface area contributed by atoms with Crippen molar-refractivity contribution < 1.29 is 9.59 Å². The van der Waals surface area contributed by atoms with Crippen LogP contribution in [0.1, 0.15) is 32.9 Å². The summed E-state index contributed by atoms with van der Waals surface area (Å²) in [4.78, 5) is 32.6. The van der Waals surface area contributed by atoms with Gasteiger partial charge in [-0.3, -0.25) is 9.59 Å². The molecule has 0 bridgehead atoms. The van der Waals surface area contributed by atoms with E-state index in [1.54, 1.807) is 20.0 Å². The molecule has 0 aliphatic heterocycles. The summed E-state index contributed by atoms with van der Waals surface area (Å²) >= 11 is 0. The molecular weight excluding hydrogens is 318 g/mol. The Morgan fingerprint density at radius 3 is 2.24 bits per heavy atom. The molecule has 0 aliphatic carbocycles. The van der Waals surface area contributed by atoms with Crippen LogP contribution in [0.5, 0.6) is 0 Å². The highest BCUT2D eigenvalue weighted by Gasteiger charge is 2.13. The summed E-state index contributed by atoms with van der Waals surface area (Å²) < 4.78 is 0. The molecule has 0 saturated carbocycles. The van der Waals surface area contributed by atoms with Crippen LogP contribution in [0.15, 0.2) is 18.2 Å². The average Bonchev–Trinajstić information content (AvgIpc) is 2.55. The highest BCUT2D eigenvalue weighted by atomic mass is 16.2. The van der Waals surface area contributed by atoms with E-state index in [4.69, 9.17) is 0 Å². The number of nitrogens with zero attached hydrogens (tertiary/aromatic N) is 2. The maximum Gasteiger partial charge on any atom is 0.270 e. The summed E-state index contributed by atoms with van der Waals surface area (Å²) in [5.41, 5.74) is 4.78. The van der Waals surface area contributed by atoms with Crippen molar-refractivity contribution in [3.63, 3.8) is 0 Å². The van der Waals surface area contributed by atoms with Crippen LogP contribution in [-0.2, 0) is 4.79 Å². The molecule has 1 aromatic heterocycles. The van der Waals surface area contributed by atoms with Gasteiger partial charge in [0.25, 0.3) is 5.91 Å². The molecule has 0 unspecified atom stereocenters. The first kappa shape index (κ1) is 18.4. The SMILES string of the molecule is CNc1nc(C)cc(C(=O)NCC(=O)Nc2c(C)cc(C)cc2C)n1. The molecule has 0 atom stereocenters. The summed E-state index contributed by atoms with van der Waals surface area (Å²) in [6, 6.07) is 5.58. The van der Waals surface area contributed by atoms with E-state index >= 15 is 0 Å². The molecular formula is C18H23N5O2. The number of nitrogens with one attached hydrogen (secondary N) is 3. The van der Waals surface area contributed by atoms with E-state index in [0.717, 1.165) is 22.4 Å². The Morgan fingerprint density at radius 1 is 1.00 bits per heavy atom. The number of rotatable bonds is 5. The van der Waals surface area contributed by atoms with Crippen LogP contribution in [0.4, 0.5) is 11.6 Å². The third kappa shape index (κ3) is 4.76. The lowest BCUT2D eigenvalue weighted by Crippen LogP contribution is -2.33. The highest BCUT2D eigenvalue weighted by Crippen LogP contribution is 2.21. The highest BCUT2D eigenvalue weighted by molar-refractivity contribution is 5.99. The summed E-state index contributed by atoms with van der Waals surface area (Å²) in [7, 11) is 1.68.